The number of aromatic hydroxyl groups is 1. The second kappa shape index (κ2) is 9.69. The van der Waals surface area contributed by atoms with Crippen LogP contribution >= 0.6 is 31.9 Å². The smallest absolute Gasteiger partial charge is 0.271 e. The van der Waals surface area contributed by atoms with Gasteiger partial charge in [-0.25, -0.2) is 5.43 Å². The SMILES string of the molecule is Cc1ccc(C(=O)Nc2cccc(C(=O)N/N=C/c3cc(Br)cc(Br)c3O)c2)cc1. The molecule has 0 bridgehead atoms. The summed E-state index contributed by atoms with van der Waals surface area (Å²) in [6.45, 7) is 1.95. The molecule has 0 atom stereocenters. The van der Waals surface area contributed by atoms with Crippen molar-refractivity contribution in [2.45, 2.75) is 6.92 Å². The third kappa shape index (κ3) is 5.55. The van der Waals surface area contributed by atoms with Gasteiger partial charge in [-0.3, -0.25) is 9.59 Å². The zero-order valence-corrected chi connectivity index (χ0v) is 19.0. The number of phenolic OH excluding ortho intramolecular Hbond substituents is 1. The molecule has 3 rings (SSSR count). The Kier molecular flexibility index (Phi) is 7.02. The summed E-state index contributed by atoms with van der Waals surface area (Å²) in [6, 6.07) is 17.1. The fraction of sp³-hybridized carbons (Fsp3) is 0.0455. The summed E-state index contributed by atoms with van der Waals surface area (Å²) in [4.78, 5) is 24.7. The van der Waals surface area contributed by atoms with Gasteiger partial charge in [0.25, 0.3) is 11.8 Å². The molecule has 8 heteroatoms. The van der Waals surface area contributed by atoms with Gasteiger partial charge in [0, 0.05) is 26.9 Å². The van der Waals surface area contributed by atoms with Crippen molar-refractivity contribution in [3.05, 3.63) is 91.9 Å². The van der Waals surface area contributed by atoms with Gasteiger partial charge in [-0.2, -0.15) is 5.10 Å². The van der Waals surface area contributed by atoms with Crippen LogP contribution in [0.5, 0.6) is 5.75 Å². The van der Waals surface area contributed by atoms with E-state index < -0.39 is 5.91 Å². The highest BCUT2D eigenvalue weighted by Crippen LogP contribution is 2.30. The molecule has 152 valence electrons. The van der Waals surface area contributed by atoms with Crippen LogP contribution in [0.4, 0.5) is 5.69 Å². The monoisotopic (exact) mass is 529 g/mol. The average molecular weight is 531 g/mol. The van der Waals surface area contributed by atoms with Crippen LogP contribution in [0.15, 0.2) is 74.7 Å². The molecule has 30 heavy (non-hydrogen) atoms. The molecule has 0 spiro atoms. The van der Waals surface area contributed by atoms with E-state index in [1.807, 2.05) is 19.1 Å². The van der Waals surface area contributed by atoms with E-state index in [9.17, 15) is 14.7 Å². The maximum absolute atomic E-state index is 12.4. The van der Waals surface area contributed by atoms with Gasteiger partial charge >= 0.3 is 0 Å². The maximum atomic E-state index is 12.4. The number of nitrogens with zero attached hydrogens (tertiary/aromatic N) is 1. The minimum atomic E-state index is -0.453. The van der Waals surface area contributed by atoms with Crippen molar-refractivity contribution in [2.24, 2.45) is 5.10 Å². The van der Waals surface area contributed by atoms with Crippen LogP contribution in [0.2, 0.25) is 0 Å². The number of amides is 2. The number of halogens is 2. The number of rotatable bonds is 5. The first-order valence-corrected chi connectivity index (χ1v) is 10.4. The molecule has 0 heterocycles. The molecular formula is C22H17Br2N3O3. The predicted molar refractivity (Wildman–Crippen MR) is 124 cm³/mol. The summed E-state index contributed by atoms with van der Waals surface area (Å²) >= 11 is 6.57. The number of hydrazone groups is 1. The number of carbonyl (C=O) groups is 2. The highest BCUT2D eigenvalue weighted by molar-refractivity contribution is 9.11. The molecule has 3 N–H and O–H groups in total. The van der Waals surface area contributed by atoms with Crippen LogP contribution in [0.3, 0.4) is 0 Å². The summed E-state index contributed by atoms with van der Waals surface area (Å²) in [5.74, 6) is -0.704. The van der Waals surface area contributed by atoms with E-state index in [0.717, 1.165) is 10.0 Å². The highest BCUT2D eigenvalue weighted by Gasteiger charge is 2.10. The van der Waals surface area contributed by atoms with Crippen LogP contribution in [-0.4, -0.2) is 23.1 Å². The quantitative estimate of drug-likeness (QED) is 0.311. The Morgan fingerprint density at radius 2 is 1.70 bits per heavy atom. The van der Waals surface area contributed by atoms with E-state index in [1.165, 1.54) is 6.21 Å². The predicted octanol–water partition coefficient (Wildman–Crippen LogP) is 5.24. The summed E-state index contributed by atoms with van der Waals surface area (Å²) in [7, 11) is 0. The minimum absolute atomic E-state index is 0.0111. The van der Waals surface area contributed by atoms with Crippen LogP contribution in [0, 0.1) is 6.92 Å². The Labute approximate surface area is 190 Å². The first kappa shape index (κ1) is 21.7. The van der Waals surface area contributed by atoms with Crippen molar-refractivity contribution in [3.8, 4) is 5.75 Å². The van der Waals surface area contributed by atoms with Crippen LogP contribution in [0.25, 0.3) is 0 Å². The van der Waals surface area contributed by atoms with Crippen LogP contribution < -0.4 is 10.7 Å². The second-order valence-corrected chi connectivity index (χ2v) is 8.20. The standard InChI is InChI=1S/C22H17Br2N3O3/c1-13-5-7-14(8-6-13)21(29)26-18-4-2-3-15(10-18)22(30)27-25-12-16-9-17(23)11-19(24)20(16)28/h2-12,28H,1H3,(H,26,29)(H,27,30)/b25-12+. The highest BCUT2D eigenvalue weighted by atomic mass is 79.9. The molecule has 3 aromatic carbocycles. The summed E-state index contributed by atoms with van der Waals surface area (Å²) in [5.41, 5.74) is 5.25. The second-order valence-electron chi connectivity index (χ2n) is 6.43. The lowest BCUT2D eigenvalue weighted by atomic mass is 10.1. The van der Waals surface area contributed by atoms with Crippen molar-refractivity contribution < 1.29 is 14.7 Å². The fourth-order valence-electron chi connectivity index (χ4n) is 2.56. The van der Waals surface area contributed by atoms with Gasteiger partial charge in [0.15, 0.2) is 0 Å². The largest absolute Gasteiger partial charge is 0.506 e. The van der Waals surface area contributed by atoms with E-state index in [1.54, 1.807) is 48.5 Å². The molecule has 6 nitrogen and oxygen atoms in total. The van der Waals surface area contributed by atoms with Gasteiger partial charge in [0.2, 0.25) is 0 Å². The first-order valence-electron chi connectivity index (χ1n) is 8.83. The van der Waals surface area contributed by atoms with Gasteiger partial charge in [-0.05, 0) is 65.3 Å². The minimum Gasteiger partial charge on any atom is -0.506 e. The number of benzene rings is 3. The molecule has 3 aromatic rings. The number of nitrogens with one attached hydrogen (secondary N) is 2. The van der Waals surface area contributed by atoms with E-state index in [0.29, 0.717) is 26.9 Å². The average Bonchev–Trinajstić information content (AvgIpc) is 2.72. The molecule has 0 aliphatic rings. The number of carbonyl (C=O) groups excluding carboxylic acids is 2. The first-order chi connectivity index (χ1) is 14.3. The van der Waals surface area contributed by atoms with Gasteiger partial charge in [-0.1, -0.05) is 39.7 Å². The summed E-state index contributed by atoms with van der Waals surface area (Å²) in [6.07, 6.45) is 1.34. The molecule has 0 aromatic heterocycles. The molecule has 0 unspecified atom stereocenters. The Hall–Kier alpha value is -2.97. The zero-order chi connectivity index (χ0) is 21.7. The van der Waals surface area contributed by atoms with Crippen molar-refractivity contribution in [3.63, 3.8) is 0 Å². The number of hydrogen-bond donors (Lipinski definition) is 3. The summed E-state index contributed by atoms with van der Waals surface area (Å²) in [5, 5.41) is 16.7. The number of hydrogen-bond acceptors (Lipinski definition) is 4. The molecule has 0 saturated heterocycles. The molecule has 0 fully saturated rings. The molecule has 0 aliphatic heterocycles. The van der Waals surface area contributed by atoms with Crippen molar-refractivity contribution in [1.82, 2.24) is 5.43 Å². The Bertz CT molecular complexity index is 1130. The van der Waals surface area contributed by atoms with E-state index in [4.69, 9.17) is 0 Å². The molecule has 0 radical (unpaired) electrons. The molecule has 0 saturated carbocycles. The number of phenols is 1. The van der Waals surface area contributed by atoms with Gasteiger partial charge in [0.05, 0.1) is 10.7 Å². The lowest BCUT2D eigenvalue weighted by Gasteiger charge is -2.07. The lowest BCUT2D eigenvalue weighted by molar-refractivity contribution is 0.0953. The maximum Gasteiger partial charge on any atom is 0.271 e. The van der Waals surface area contributed by atoms with Gasteiger partial charge in [-0.15, -0.1) is 0 Å². The van der Waals surface area contributed by atoms with Gasteiger partial charge < -0.3 is 10.4 Å². The van der Waals surface area contributed by atoms with Crippen molar-refractivity contribution >= 4 is 55.6 Å². The molecular weight excluding hydrogens is 514 g/mol. The number of aryl methyl sites for hydroxylation is 1. The molecule has 0 aliphatic carbocycles. The van der Waals surface area contributed by atoms with E-state index >= 15 is 0 Å². The van der Waals surface area contributed by atoms with Crippen molar-refractivity contribution in [2.75, 3.05) is 5.32 Å². The Morgan fingerprint density at radius 3 is 2.43 bits per heavy atom. The van der Waals surface area contributed by atoms with Crippen LogP contribution in [0.1, 0.15) is 31.8 Å². The normalized spacial score (nSPS) is 10.8. The Morgan fingerprint density at radius 1 is 0.967 bits per heavy atom. The third-order valence-electron chi connectivity index (χ3n) is 4.12. The fourth-order valence-corrected chi connectivity index (χ4v) is 3.81. The summed E-state index contributed by atoms with van der Waals surface area (Å²) < 4.78 is 1.25. The topological polar surface area (TPSA) is 90.8 Å². The lowest BCUT2D eigenvalue weighted by Crippen LogP contribution is -2.18. The van der Waals surface area contributed by atoms with Crippen LogP contribution in [-0.2, 0) is 0 Å². The Balaban J connectivity index is 1.67. The zero-order valence-electron chi connectivity index (χ0n) is 15.8. The van der Waals surface area contributed by atoms with Crippen molar-refractivity contribution in [1.29, 1.82) is 0 Å². The number of anilines is 1. The van der Waals surface area contributed by atoms with Gasteiger partial charge in [0.1, 0.15) is 5.75 Å². The molecule has 2 amide bonds. The van der Waals surface area contributed by atoms with E-state index in [2.05, 4.69) is 47.7 Å². The third-order valence-corrected chi connectivity index (χ3v) is 5.19. The van der Waals surface area contributed by atoms with E-state index in [-0.39, 0.29) is 11.7 Å².